The molecule has 0 saturated carbocycles. The van der Waals surface area contributed by atoms with Gasteiger partial charge in [-0.05, 0) is 42.7 Å². The molecule has 0 aromatic carbocycles. The number of hydrogen-bond acceptors (Lipinski definition) is 2. The van der Waals surface area contributed by atoms with Gasteiger partial charge in [-0.1, -0.05) is 0 Å². The van der Waals surface area contributed by atoms with Gasteiger partial charge in [0.15, 0.2) is 0 Å². The molecule has 1 aliphatic heterocycles. The lowest BCUT2D eigenvalue weighted by molar-refractivity contribution is 0.449. The molecule has 1 saturated heterocycles. The van der Waals surface area contributed by atoms with Crippen LogP contribution in [-0.4, -0.2) is 13.1 Å². The van der Waals surface area contributed by atoms with E-state index in [1.807, 2.05) is 6.92 Å². The Morgan fingerprint density at radius 2 is 2.23 bits per heavy atom. The zero-order chi connectivity index (χ0) is 9.42. The standard InChI is InChI=1S/C10H14BrNO/c1-6-9(11)7(2)13-10(6)8-3-4-12-5-8/h8,12H,3-5H2,1-2H3. The second-order valence-electron chi connectivity index (χ2n) is 3.65. The number of aryl methyl sites for hydroxylation is 1. The smallest absolute Gasteiger partial charge is 0.115 e. The van der Waals surface area contributed by atoms with Gasteiger partial charge in [0.2, 0.25) is 0 Å². The van der Waals surface area contributed by atoms with Gasteiger partial charge >= 0.3 is 0 Å². The molecular formula is C10H14BrNO. The molecule has 1 fully saturated rings. The number of rotatable bonds is 1. The Kier molecular flexibility index (Phi) is 2.47. The highest BCUT2D eigenvalue weighted by Gasteiger charge is 2.23. The molecule has 0 aliphatic carbocycles. The Labute approximate surface area is 86.8 Å². The summed E-state index contributed by atoms with van der Waals surface area (Å²) in [6, 6.07) is 0. The summed E-state index contributed by atoms with van der Waals surface area (Å²) >= 11 is 3.53. The Morgan fingerprint density at radius 3 is 2.69 bits per heavy atom. The Morgan fingerprint density at radius 1 is 1.46 bits per heavy atom. The van der Waals surface area contributed by atoms with Gasteiger partial charge in [0.25, 0.3) is 0 Å². The normalized spacial score (nSPS) is 22.5. The van der Waals surface area contributed by atoms with Crippen LogP contribution in [-0.2, 0) is 0 Å². The first-order valence-electron chi connectivity index (χ1n) is 4.66. The topological polar surface area (TPSA) is 25.2 Å². The van der Waals surface area contributed by atoms with Crippen molar-refractivity contribution < 1.29 is 4.42 Å². The molecule has 0 amide bonds. The van der Waals surface area contributed by atoms with Gasteiger partial charge < -0.3 is 9.73 Å². The highest BCUT2D eigenvalue weighted by molar-refractivity contribution is 9.10. The zero-order valence-electron chi connectivity index (χ0n) is 7.98. The van der Waals surface area contributed by atoms with Crippen LogP contribution in [0.4, 0.5) is 0 Å². The number of nitrogens with one attached hydrogen (secondary N) is 1. The van der Waals surface area contributed by atoms with Gasteiger partial charge in [-0.25, -0.2) is 0 Å². The lowest BCUT2D eigenvalue weighted by atomic mass is 10.0. The maximum Gasteiger partial charge on any atom is 0.115 e. The summed E-state index contributed by atoms with van der Waals surface area (Å²) in [4.78, 5) is 0. The maximum atomic E-state index is 5.74. The van der Waals surface area contributed by atoms with Crippen LogP contribution in [0.1, 0.15) is 29.4 Å². The molecule has 0 radical (unpaired) electrons. The van der Waals surface area contributed by atoms with Crippen molar-refractivity contribution in [3.05, 3.63) is 21.6 Å². The van der Waals surface area contributed by atoms with Crippen LogP contribution in [0.2, 0.25) is 0 Å². The summed E-state index contributed by atoms with van der Waals surface area (Å²) < 4.78 is 6.88. The first-order chi connectivity index (χ1) is 6.20. The van der Waals surface area contributed by atoms with Crippen molar-refractivity contribution in [1.82, 2.24) is 5.32 Å². The van der Waals surface area contributed by atoms with Gasteiger partial charge in [0.05, 0.1) is 4.47 Å². The first kappa shape index (κ1) is 9.28. The fraction of sp³-hybridized carbons (Fsp3) is 0.600. The number of hydrogen-bond donors (Lipinski definition) is 1. The molecule has 0 spiro atoms. The highest BCUT2D eigenvalue weighted by Crippen LogP contribution is 2.33. The third kappa shape index (κ3) is 1.55. The van der Waals surface area contributed by atoms with Crippen LogP contribution in [0.5, 0.6) is 0 Å². The quantitative estimate of drug-likeness (QED) is 0.821. The molecule has 3 heteroatoms. The van der Waals surface area contributed by atoms with E-state index in [2.05, 4.69) is 28.2 Å². The molecule has 1 unspecified atom stereocenters. The van der Waals surface area contributed by atoms with Gasteiger partial charge in [-0.15, -0.1) is 0 Å². The maximum absolute atomic E-state index is 5.74. The van der Waals surface area contributed by atoms with E-state index in [0.29, 0.717) is 5.92 Å². The van der Waals surface area contributed by atoms with Crippen LogP contribution in [0, 0.1) is 13.8 Å². The average Bonchev–Trinajstić information content (AvgIpc) is 2.70. The minimum atomic E-state index is 0.574. The summed E-state index contributed by atoms with van der Waals surface area (Å²) in [7, 11) is 0. The van der Waals surface area contributed by atoms with Crippen molar-refractivity contribution in [2.45, 2.75) is 26.2 Å². The van der Waals surface area contributed by atoms with E-state index in [-0.39, 0.29) is 0 Å². The highest BCUT2D eigenvalue weighted by atomic mass is 79.9. The second kappa shape index (κ2) is 3.46. The minimum Gasteiger partial charge on any atom is -0.465 e. The molecule has 13 heavy (non-hydrogen) atoms. The summed E-state index contributed by atoms with van der Waals surface area (Å²) in [6.07, 6.45) is 1.19. The summed E-state index contributed by atoms with van der Waals surface area (Å²) in [5, 5.41) is 3.35. The summed E-state index contributed by atoms with van der Waals surface area (Å²) in [5.41, 5.74) is 1.27. The van der Waals surface area contributed by atoms with Crippen LogP contribution in [0.3, 0.4) is 0 Å². The van der Waals surface area contributed by atoms with E-state index >= 15 is 0 Å². The molecular weight excluding hydrogens is 230 g/mol. The van der Waals surface area contributed by atoms with Crippen molar-refractivity contribution in [2.24, 2.45) is 0 Å². The molecule has 1 atom stereocenters. The Bertz CT molecular complexity index is 313. The van der Waals surface area contributed by atoms with Crippen molar-refractivity contribution in [1.29, 1.82) is 0 Å². The van der Waals surface area contributed by atoms with E-state index < -0.39 is 0 Å². The molecule has 1 N–H and O–H groups in total. The fourth-order valence-electron chi connectivity index (χ4n) is 1.93. The van der Waals surface area contributed by atoms with Gasteiger partial charge in [-0.3, -0.25) is 0 Å². The predicted molar refractivity (Wildman–Crippen MR) is 56.1 cm³/mol. The van der Waals surface area contributed by atoms with Crippen LogP contribution < -0.4 is 5.32 Å². The lowest BCUT2D eigenvalue weighted by Crippen LogP contribution is -2.07. The molecule has 2 nitrogen and oxygen atoms in total. The molecule has 1 aliphatic rings. The molecule has 1 aromatic heterocycles. The minimum absolute atomic E-state index is 0.574. The third-order valence-electron chi connectivity index (χ3n) is 2.70. The van der Waals surface area contributed by atoms with Gasteiger partial charge in [0.1, 0.15) is 11.5 Å². The van der Waals surface area contributed by atoms with E-state index in [4.69, 9.17) is 4.42 Å². The molecule has 72 valence electrons. The van der Waals surface area contributed by atoms with E-state index in [9.17, 15) is 0 Å². The van der Waals surface area contributed by atoms with Crippen LogP contribution >= 0.6 is 15.9 Å². The van der Waals surface area contributed by atoms with E-state index in [1.165, 1.54) is 12.0 Å². The number of furan rings is 1. The number of halogens is 1. The fourth-order valence-corrected chi connectivity index (χ4v) is 2.20. The molecule has 0 bridgehead atoms. The Hall–Kier alpha value is -0.280. The average molecular weight is 244 g/mol. The largest absolute Gasteiger partial charge is 0.465 e. The van der Waals surface area contributed by atoms with E-state index in [0.717, 1.165) is 29.1 Å². The first-order valence-corrected chi connectivity index (χ1v) is 5.45. The molecule has 2 heterocycles. The second-order valence-corrected chi connectivity index (χ2v) is 4.44. The summed E-state index contributed by atoms with van der Waals surface area (Å²) in [5.74, 6) is 2.73. The van der Waals surface area contributed by atoms with Crippen LogP contribution in [0.15, 0.2) is 8.89 Å². The Balaban J connectivity index is 2.34. The van der Waals surface area contributed by atoms with Crippen molar-refractivity contribution in [3.63, 3.8) is 0 Å². The van der Waals surface area contributed by atoms with E-state index in [1.54, 1.807) is 0 Å². The van der Waals surface area contributed by atoms with Crippen LogP contribution in [0.25, 0.3) is 0 Å². The van der Waals surface area contributed by atoms with Crippen molar-refractivity contribution >= 4 is 15.9 Å². The SMILES string of the molecule is Cc1oc(C2CCNC2)c(C)c1Br. The lowest BCUT2D eigenvalue weighted by Gasteiger charge is -2.04. The van der Waals surface area contributed by atoms with Crippen molar-refractivity contribution in [2.75, 3.05) is 13.1 Å². The third-order valence-corrected chi connectivity index (χ3v) is 3.86. The van der Waals surface area contributed by atoms with Gasteiger partial charge in [-0.2, -0.15) is 0 Å². The van der Waals surface area contributed by atoms with Gasteiger partial charge in [0, 0.05) is 18.0 Å². The molecule has 1 aromatic rings. The van der Waals surface area contributed by atoms with Crippen molar-refractivity contribution in [3.8, 4) is 0 Å². The predicted octanol–water partition coefficient (Wildman–Crippen LogP) is 2.74. The zero-order valence-corrected chi connectivity index (χ0v) is 9.57. The summed E-state index contributed by atoms with van der Waals surface area (Å²) in [6.45, 7) is 6.29. The monoisotopic (exact) mass is 243 g/mol. The molecule has 2 rings (SSSR count).